The lowest BCUT2D eigenvalue weighted by molar-refractivity contribution is 0.315. The van der Waals surface area contributed by atoms with E-state index in [2.05, 4.69) is 13.8 Å². The Morgan fingerprint density at radius 1 is 1.40 bits per heavy atom. The Balaban J connectivity index is 2.40. The van der Waals surface area contributed by atoms with Gasteiger partial charge in [-0.1, -0.05) is 13.8 Å². The molecule has 1 aromatic carbocycles. The molecular weight excluding hydrogens is 276 g/mol. The van der Waals surface area contributed by atoms with Gasteiger partial charge >= 0.3 is 0 Å². The molecular formula is C14H22N2O3S. The maximum Gasteiger partial charge on any atom is 0.243 e. The van der Waals surface area contributed by atoms with Crippen LogP contribution in [0.2, 0.25) is 0 Å². The Bertz CT molecular complexity index is 584. The summed E-state index contributed by atoms with van der Waals surface area (Å²) in [7, 11) is -2.00. The van der Waals surface area contributed by atoms with Crippen LogP contribution in [0.15, 0.2) is 23.1 Å². The Morgan fingerprint density at radius 3 is 2.70 bits per heavy atom. The first kappa shape index (κ1) is 15.1. The second-order valence-electron chi connectivity index (χ2n) is 5.47. The molecule has 0 radical (unpaired) electrons. The number of hydrogen-bond acceptors (Lipinski definition) is 4. The number of nitrogen functional groups attached to an aromatic ring is 1. The molecule has 1 aliphatic heterocycles. The summed E-state index contributed by atoms with van der Waals surface area (Å²) in [6.07, 6.45) is 1.83. The fourth-order valence-electron chi connectivity index (χ4n) is 2.72. The van der Waals surface area contributed by atoms with Gasteiger partial charge in [-0.2, -0.15) is 4.31 Å². The monoisotopic (exact) mass is 298 g/mol. The Kier molecular flexibility index (Phi) is 4.25. The second kappa shape index (κ2) is 5.61. The molecule has 0 aliphatic carbocycles. The van der Waals surface area contributed by atoms with Gasteiger partial charge in [0.15, 0.2) is 0 Å². The van der Waals surface area contributed by atoms with Crippen LogP contribution in [-0.4, -0.2) is 32.4 Å². The van der Waals surface area contributed by atoms with Crippen molar-refractivity contribution in [1.82, 2.24) is 4.31 Å². The van der Waals surface area contributed by atoms with E-state index in [-0.39, 0.29) is 10.9 Å². The lowest BCUT2D eigenvalue weighted by atomic mass is 10.0. The summed E-state index contributed by atoms with van der Waals surface area (Å²) in [6, 6.07) is 4.69. The number of nitrogens with two attached hydrogens (primary N) is 1. The highest BCUT2D eigenvalue weighted by Gasteiger charge is 2.36. The van der Waals surface area contributed by atoms with Gasteiger partial charge in [-0.3, -0.25) is 0 Å². The summed E-state index contributed by atoms with van der Waals surface area (Å²) in [6.45, 7) is 4.70. The molecule has 5 nitrogen and oxygen atoms in total. The van der Waals surface area contributed by atoms with Crippen molar-refractivity contribution in [2.45, 2.75) is 37.6 Å². The smallest absolute Gasteiger partial charge is 0.243 e. The van der Waals surface area contributed by atoms with E-state index >= 15 is 0 Å². The van der Waals surface area contributed by atoms with Crippen molar-refractivity contribution < 1.29 is 13.2 Å². The molecule has 2 rings (SSSR count). The number of rotatable bonds is 4. The molecule has 1 aromatic rings. The lowest BCUT2D eigenvalue weighted by Crippen LogP contribution is -2.38. The fourth-order valence-corrected chi connectivity index (χ4v) is 4.56. The molecule has 1 aliphatic rings. The molecule has 1 heterocycles. The van der Waals surface area contributed by atoms with Crippen molar-refractivity contribution in [3.63, 3.8) is 0 Å². The van der Waals surface area contributed by atoms with Crippen molar-refractivity contribution in [3.8, 4) is 5.75 Å². The minimum atomic E-state index is -3.48. The molecule has 2 N–H and O–H groups in total. The van der Waals surface area contributed by atoms with Gasteiger partial charge in [0.2, 0.25) is 10.0 Å². The number of hydrogen-bond donors (Lipinski definition) is 1. The van der Waals surface area contributed by atoms with E-state index in [0.717, 1.165) is 12.8 Å². The van der Waals surface area contributed by atoms with E-state index in [4.69, 9.17) is 10.5 Å². The second-order valence-corrected chi connectivity index (χ2v) is 7.36. The summed E-state index contributed by atoms with van der Waals surface area (Å²) in [4.78, 5) is 0.246. The molecule has 1 saturated heterocycles. The zero-order valence-corrected chi connectivity index (χ0v) is 13.0. The fraction of sp³-hybridized carbons (Fsp3) is 0.571. The summed E-state index contributed by atoms with van der Waals surface area (Å²) in [5.74, 6) is 0.703. The molecule has 6 heteroatoms. The van der Waals surface area contributed by atoms with E-state index < -0.39 is 10.0 Å². The summed E-state index contributed by atoms with van der Waals surface area (Å²) >= 11 is 0. The number of ether oxygens (including phenoxy) is 1. The average Bonchev–Trinajstić information content (AvgIpc) is 2.89. The first-order valence-electron chi connectivity index (χ1n) is 6.83. The maximum atomic E-state index is 12.8. The minimum absolute atomic E-state index is 0.0727. The quantitative estimate of drug-likeness (QED) is 0.864. The highest BCUT2D eigenvalue weighted by atomic mass is 32.2. The van der Waals surface area contributed by atoms with Crippen LogP contribution < -0.4 is 10.5 Å². The first-order chi connectivity index (χ1) is 9.37. The first-order valence-corrected chi connectivity index (χ1v) is 8.27. The van der Waals surface area contributed by atoms with Crippen molar-refractivity contribution in [3.05, 3.63) is 18.2 Å². The van der Waals surface area contributed by atoms with Crippen LogP contribution in [0.5, 0.6) is 5.75 Å². The van der Waals surface area contributed by atoms with E-state index in [1.54, 1.807) is 16.4 Å². The lowest BCUT2D eigenvalue weighted by Gasteiger charge is -2.27. The normalized spacial score (nSPS) is 20.5. The number of sulfonamides is 1. The molecule has 0 spiro atoms. The van der Waals surface area contributed by atoms with Gasteiger partial charge in [-0.25, -0.2) is 8.42 Å². The standard InChI is InChI=1S/C14H22N2O3S/c1-10(2)13-5-4-8-16(13)20(17,18)11-6-7-12(15)14(9-11)19-3/h6-7,9-10,13H,4-5,8,15H2,1-3H3. The summed E-state index contributed by atoms with van der Waals surface area (Å²) in [5, 5.41) is 0. The van der Waals surface area contributed by atoms with Crippen LogP contribution in [0.4, 0.5) is 5.69 Å². The van der Waals surface area contributed by atoms with Gasteiger partial charge in [-0.15, -0.1) is 0 Å². The molecule has 1 atom stereocenters. The van der Waals surface area contributed by atoms with Crippen molar-refractivity contribution in [1.29, 1.82) is 0 Å². The topological polar surface area (TPSA) is 72.6 Å². The van der Waals surface area contributed by atoms with Gasteiger partial charge in [0, 0.05) is 18.7 Å². The highest BCUT2D eigenvalue weighted by Crippen LogP contribution is 2.32. The third kappa shape index (κ3) is 2.62. The zero-order chi connectivity index (χ0) is 14.9. The van der Waals surface area contributed by atoms with E-state index in [1.165, 1.54) is 13.2 Å². The largest absolute Gasteiger partial charge is 0.495 e. The van der Waals surface area contributed by atoms with E-state index in [9.17, 15) is 8.42 Å². The highest BCUT2D eigenvalue weighted by molar-refractivity contribution is 7.89. The van der Waals surface area contributed by atoms with Gasteiger partial charge < -0.3 is 10.5 Å². The Hall–Kier alpha value is -1.27. The van der Waals surface area contributed by atoms with Crippen LogP contribution in [-0.2, 0) is 10.0 Å². The maximum absolute atomic E-state index is 12.8. The number of nitrogens with zero attached hydrogens (tertiary/aromatic N) is 1. The van der Waals surface area contributed by atoms with Crippen molar-refractivity contribution in [2.24, 2.45) is 5.92 Å². The number of anilines is 1. The van der Waals surface area contributed by atoms with Gasteiger partial charge in [0.05, 0.1) is 17.7 Å². The van der Waals surface area contributed by atoms with Gasteiger partial charge in [-0.05, 0) is 30.9 Å². The van der Waals surface area contributed by atoms with Crippen LogP contribution in [0.25, 0.3) is 0 Å². The third-order valence-electron chi connectivity index (χ3n) is 3.83. The molecule has 1 fully saturated rings. The van der Waals surface area contributed by atoms with Crippen LogP contribution in [0, 0.1) is 5.92 Å². The molecule has 1 unspecified atom stereocenters. The van der Waals surface area contributed by atoms with Crippen molar-refractivity contribution >= 4 is 15.7 Å². The van der Waals surface area contributed by atoms with E-state index in [0.29, 0.717) is 23.9 Å². The minimum Gasteiger partial charge on any atom is -0.495 e. The molecule has 0 bridgehead atoms. The third-order valence-corrected chi connectivity index (χ3v) is 5.75. The summed E-state index contributed by atoms with van der Waals surface area (Å²) < 4.78 is 32.2. The van der Waals surface area contributed by atoms with Crippen LogP contribution in [0.1, 0.15) is 26.7 Å². The molecule has 0 saturated carbocycles. The Labute approximate surface area is 120 Å². The Morgan fingerprint density at radius 2 is 2.10 bits per heavy atom. The van der Waals surface area contributed by atoms with Crippen LogP contribution in [0.3, 0.4) is 0 Å². The molecule has 20 heavy (non-hydrogen) atoms. The van der Waals surface area contributed by atoms with Crippen molar-refractivity contribution in [2.75, 3.05) is 19.4 Å². The zero-order valence-electron chi connectivity index (χ0n) is 12.2. The predicted octanol–water partition coefficient (Wildman–Crippen LogP) is 2.09. The average molecular weight is 298 g/mol. The number of benzene rings is 1. The molecule has 0 amide bonds. The van der Waals surface area contributed by atoms with Gasteiger partial charge in [0.25, 0.3) is 0 Å². The molecule has 112 valence electrons. The molecule has 0 aromatic heterocycles. The van der Waals surface area contributed by atoms with E-state index in [1.807, 2.05) is 0 Å². The van der Waals surface area contributed by atoms with Crippen LogP contribution >= 0.6 is 0 Å². The van der Waals surface area contributed by atoms with Gasteiger partial charge in [0.1, 0.15) is 5.75 Å². The summed E-state index contributed by atoms with van der Waals surface area (Å²) in [5.41, 5.74) is 6.18. The SMILES string of the molecule is COc1cc(S(=O)(=O)N2CCCC2C(C)C)ccc1N. The number of methoxy groups -OCH3 is 1. The predicted molar refractivity (Wildman–Crippen MR) is 79.2 cm³/mol.